The fraction of sp³-hybridized carbons (Fsp3) is 0.556. The first kappa shape index (κ1) is 15.8. The molecule has 2 aliphatic rings. The number of carbonyl (C=O) groups is 1. The number of fused-ring (bicyclic) bond motifs is 1. The molecule has 1 heterocycles. The van der Waals surface area contributed by atoms with Gasteiger partial charge in [-0.25, -0.2) is 0 Å². The van der Waals surface area contributed by atoms with E-state index in [1.165, 1.54) is 0 Å². The molecule has 1 aromatic carbocycles. The van der Waals surface area contributed by atoms with Gasteiger partial charge in [-0.05, 0) is 30.0 Å². The molecule has 1 N–H and O–H groups in total. The SMILES string of the molecule is COc1ccc(OC)c(CC2=NN[C@@H]3CC(C)(C)CC(=O)[C@H]23)c1. The van der Waals surface area contributed by atoms with Crippen molar-refractivity contribution in [3.05, 3.63) is 23.8 Å². The predicted molar refractivity (Wildman–Crippen MR) is 89.1 cm³/mol. The Morgan fingerprint density at radius 2 is 2.09 bits per heavy atom. The highest BCUT2D eigenvalue weighted by Crippen LogP contribution is 2.39. The summed E-state index contributed by atoms with van der Waals surface area (Å²) in [5, 5.41) is 4.47. The lowest BCUT2D eigenvalue weighted by Crippen LogP contribution is -2.45. The Labute approximate surface area is 137 Å². The fourth-order valence-electron chi connectivity index (χ4n) is 3.73. The van der Waals surface area contributed by atoms with Crippen LogP contribution < -0.4 is 14.9 Å². The summed E-state index contributed by atoms with van der Waals surface area (Å²) in [7, 11) is 3.29. The summed E-state index contributed by atoms with van der Waals surface area (Å²) in [6, 6.07) is 5.83. The van der Waals surface area contributed by atoms with E-state index in [9.17, 15) is 4.79 Å². The van der Waals surface area contributed by atoms with Crippen LogP contribution in [0.4, 0.5) is 0 Å². The molecule has 23 heavy (non-hydrogen) atoms. The van der Waals surface area contributed by atoms with Crippen LogP contribution in [-0.4, -0.2) is 31.8 Å². The first-order valence-corrected chi connectivity index (χ1v) is 7.99. The molecule has 0 spiro atoms. The monoisotopic (exact) mass is 316 g/mol. The maximum atomic E-state index is 12.6. The van der Waals surface area contributed by atoms with E-state index in [4.69, 9.17) is 9.47 Å². The van der Waals surface area contributed by atoms with Crippen molar-refractivity contribution in [3.63, 3.8) is 0 Å². The van der Waals surface area contributed by atoms with Crippen molar-refractivity contribution in [2.75, 3.05) is 14.2 Å². The zero-order chi connectivity index (χ0) is 16.6. The van der Waals surface area contributed by atoms with Gasteiger partial charge in [0.25, 0.3) is 0 Å². The average Bonchev–Trinajstić information content (AvgIpc) is 2.88. The van der Waals surface area contributed by atoms with E-state index in [-0.39, 0.29) is 23.2 Å². The maximum Gasteiger partial charge on any atom is 0.144 e. The van der Waals surface area contributed by atoms with Gasteiger partial charge in [-0.15, -0.1) is 0 Å². The zero-order valence-electron chi connectivity index (χ0n) is 14.2. The minimum Gasteiger partial charge on any atom is -0.497 e. The van der Waals surface area contributed by atoms with E-state index in [0.29, 0.717) is 12.8 Å². The van der Waals surface area contributed by atoms with Crippen LogP contribution in [0.15, 0.2) is 23.3 Å². The van der Waals surface area contributed by atoms with Gasteiger partial charge in [0, 0.05) is 18.4 Å². The standard InChI is InChI=1S/C18H24N2O3/c1-18(2)9-14-17(15(21)10-18)13(19-20-14)8-11-7-12(22-3)5-6-16(11)23-4/h5-7,14,17,20H,8-10H2,1-4H3/t14-,17-/m1/s1. The van der Waals surface area contributed by atoms with Gasteiger partial charge in [0.1, 0.15) is 17.3 Å². The first-order valence-electron chi connectivity index (χ1n) is 7.99. The molecule has 124 valence electrons. The number of nitrogens with zero attached hydrogens (tertiary/aromatic N) is 1. The van der Waals surface area contributed by atoms with Crippen molar-refractivity contribution in [1.82, 2.24) is 5.43 Å². The average molecular weight is 316 g/mol. The van der Waals surface area contributed by atoms with Crippen LogP contribution in [-0.2, 0) is 11.2 Å². The lowest BCUT2D eigenvalue weighted by molar-refractivity contribution is -0.126. The van der Waals surface area contributed by atoms with Crippen molar-refractivity contribution in [2.24, 2.45) is 16.4 Å². The van der Waals surface area contributed by atoms with Gasteiger partial charge in [-0.3, -0.25) is 4.79 Å². The molecule has 3 rings (SSSR count). The van der Waals surface area contributed by atoms with Crippen LogP contribution in [0.1, 0.15) is 32.3 Å². The third kappa shape index (κ3) is 3.05. The summed E-state index contributed by atoms with van der Waals surface area (Å²) < 4.78 is 10.7. The van der Waals surface area contributed by atoms with Crippen molar-refractivity contribution in [2.45, 2.75) is 39.2 Å². The zero-order valence-corrected chi connectivity index (χ0v) is 14.2. The second-order valence-electron chi connectivity index (χ2n) is 7.18. The maximum absolute atomic E-state index is 12.6. The van der Waals surface area contributed by atoms with Crippen LogP contribution in [0.2, 0.25) is 0 Å². The molecule has 0 aromatic heterocycles. The molecule has 0 amide bonds. The van der Waals surface area contributed by atoms with Crippen molar-refractivity contribution < 1.29 is 14.3 Å². The lowest BCUT2D eigenvalue weighted by Gasteiger charge is -2.36. The van der Waals surface area contributed by atoms with E-state index in [1.54, 1.807) is 14.2 Å². The van der Waals surface area contributed by atoms with Crippen LogP contribution in [0.25, 0.3) is 0 Å². The number of ketones is 1. The quantitative estimate of drug-likeness (QED) is 0.927. The number of hydrogen-bond donors (Lipinski definition) is 1. The minimum atomic E-state index is -0.112. The van der Waals surface area contributed by atoms with Gasteiger partial charge in [0.05, 0.1) is 31.9 Å². The Balaban J connectivity index is 1.83. The van der Waals surface area contributed by atoms with E-state index in [0.717, 1.165) is 29.2 Å². The highest BCUT2D eigenvalue weighted by molar-refractivity contribution is 6.08. The van der Waals surface area contributed by atoms with Crippen LogP contribution in [0.3, 0.4) is 0 Å². The number of Topliss-reactive ketones (excluding diaryl/α,β-unsaturated/α-hetero) is 1. The number of carbonyl (C=O) groups excluding carboxylic acids is 1. The molecule has 1 aliphatic carbocycles. The van der Waals surface area contributed by atoms with E-state index < -0.39 is 0 Å². The van der Waals surface area contributed by atoms with Gasteiger partial charge >= 0.3 is 0 Å². The minimum absolute atomic E-state index is 0.0455. The summed E-state index contributed by atoms with van der Waals surface area (Å²) in [5.74, 6) is 1.75. The summed E-state index contributed by atoms with van der Waals surface area (Å²) in [6.45, 7) is 4.29. The fourth-order valence-corrected chi connectivity index (χ4v) is 3.73. The molecular formula is C18H24N2O3. The number of hydrazone groups is 1. The van der Waals surface area contributed by atoms with E-state index in [2.05, 4.69) is 24.4 Å². The lowest BCUT2D eigenvalue weighted by atomic mass is 9.68. The molecular weight excluding hydrogens is 292 g/mol. The third-order valence-corrected chi connectivity index (χ3v) is 4.77. The number of ether oxygens (including phenoxy) is 2. The van der Waals surface area contributed by atoms with E-state index in [1.807, 2.05) is 18.2 Å². The number of methoxy groups -OCH3 is 2. The Morgan fingerprint density at radius 1 is 1.30 bits per heavy atom. The number of benzene rings is 1. The normalized spacial score (nSPS) is 25.4. The number of nitrogens with one attached hydrogen (secondary N) is 1. The largest absolute Gasteiger partial charge is 0.497 e. The van der Waals surface area contributed by atoms with Crippen molar-refractivity contribution in [3.8, 4) is 11.5 Å². The molecule has 1 fully saturated rings. The van der Waals surface area contributed by atoms with Crippen LogP contribution in [0.5, 0.6) is 11.5 Å². The summed E-state index contributed by atoms with van der Waals surface area (Å²) in [4.78, 5) is 12.6. The molecule has 0 unspecified atom stereocenters. The molecule has 0 radical (unpaired) electrons. The van der Waals surface area contributed by atoms with Gasteiger partial charge in [-0.2, -0.15) is 5.10 Å². The number of hydrogen-bond acceptors (Lipinski definition) is 5. The molecule has 0 bridgehead atoms. The highest BCUT2D eigenvalue weighted by Gasteiger charge is 2.45. The smallest absolute Gasteiger partial charge is 0.144 e. The summed E-state index contributed by atoms with van der Waals surface area (Å²) in [5.41, 5.74) is 5.12. The molecule has 1 saturated carbocycles. The predicted octanol–water partition coefficient (Wildman–Crippen LogP) is 2.58. The number of rotatable bonds is 4. The molecule has 5 heteroatoms. The Hall–Kier alpha value is -2.04. The highest BCUT2D eigenvalue weighted by atomic mass is 16.5. The second-order valence-corrected chi connectivity index (χ2v) is 7.18. The first-order chi connectivity index (χ1) is 10.9. The third-order valence-electron chi connectivity index (χ3n) is 4.77. The van der Waals surface area contributed by atoms with Crippen LogP contribution in [0, 0.1) is 11.3 Å². The molecule has 5 nitrogen and oxygen atoms in total. The second kappa shape index (κ2) is 5.87. The Morgan fingerprint density at radius 3 is 2.78 bits per heavy atom. The van der Waals surface area contributed by atoms with E-state index >= 15 is 0 Å². The summed E-state index contributed by atoms with van der Waals surface area (Å²) >= 11 is 0. The van der Waals surface area contributed by atoms with Gasteiger partial charge < -0.3 is 14.9 Å². The Kier molecular flexibility index (Phi) is 4.04. The molecule has 0 saturated heterocycles. The Bertz CT molecular complexity index is 652. The molecule has 2 atom stereocenters. The van der Waals surface area contributed by atoms with Gasteiger partial charge in [-0.1, -0.05) is 13.8 Å². The van der Waals surface area contributed by atoms with Crippen LogP contribution >= 0.6 is 0 Å². The topological polar surface area (TPSA) is 59.9 Å². The van der Waals surface area contributed by atoms with Crippen molar-refractivity contribution in [1.29, 1.82) is 0 Å². The molecule has 1 aliphatic heterocycles. The van der Waals surface area contributed by atoms with Gasteiger partial charge in [0.2, 0.25) is 0 Å². The summed E-state index contributed by atoms with van der Waals surface area (Å²) in [6.07, 6.45) is 2.18. The van der Waals surface area contributed by atoms with Gasteiger partial charge in [0.15, 0.2) is 0 Å². The molecule has 1 aromatic rings. The van der Waals surface area contributed by atoms with Crippen molar-refractivity contribution >= 4 is 11.5 Å².